The molecule has 0 saturated heterocycles. The van der Waals surface area contributed by atoms with Crippen molar-refractivity contribution in [2.24, 2.45) is 0 Å². The molecule has 0 saturated carbocycles. The molecule has 0 amide bonds. The van der Waals surface area contributed by atoms with Crippen molar-refractivity contribution in [3.63, 3.8) is 0 Å². The highest BCUT2D eigenvalue weighted by Crippen LogP contribution is 2.11. The Kier molecular flexibility index (Phi) is 47.1. The van der Waals surface area contributed by atoms with Gasteiger partial charge in [0, 0.05) is 19.3 Å². The zero-order valence-corrected chi connectivity index (χ0v) is 40.3. The van der Waals surface area contributed by atoms with E-state index in [1.54, 1.807) is 0 Å². The molecule has 354 valence electrons. The lowest BCUT2D eigenvalue weighted by Gasteiger charge is -2.18. The number of rotatable bonds is 43. The number of carbonyl (C=O) groups excluding carboxylic acids is 3. The van der Waals surface area contributed by atoms with Gasteiger partial charge in [0.2, 0.25) is 0 Å². The largest absolute Gasteiger partial charge is 0.462 e. The Hall–Kier alpha value is -4.19. The molecule has 0 aromatic heterocycles. The number of allylic oxidation sites excluding steroid dienone is 20. The minimum Gasteiger partial charge on any atom is -0.462 e. The van der Waals surface area contributed by atoms with Gasteiger partial charge in [0.15, 0.2) is 6.10 Å². The summed E-state index contributed by atoms with van der Waals surface area (Å²) in [6.07, 6.45) is 69.1. The fourth-order valence-corrected chi connectivity index (χ4v) is 6.26. The van der Waals surface area contributed by atoms with Gasteiger partial charge in [0.05, 0.1) is 0 Å². The first-order chi connectivity index (χ1) is 31.0. The first-order valence-electron chi connectivity index (χ1n) is 25.1. The normalized spacial score (nSPS) is 13.1. The van der Waals surface area contributed by atoms with Crippen molar-refractivity contribution in [1.82, 2.24) is 0 Å². The highest BCUT2D eigenvalue weighted by atomic mass is 16.6. The highest BCUT2D eigenvalue weighted by Gasteiger charge is 2.19. The first-order valence-corrected chi connectivity index (χ1v) is 25.1. The van der Waals surface area contributed by atoms with Gasteiger partial charge in [-0.15, -0.1) is 0 Å². The number of carbonyl (C=O) groups is 3. The maximum Gasteiger partial charge on any atom is 0.306 e. The molecular formula is C57H90O6. The van der Waals surface area contributed by atoms with Crippen molar-refractivity contribution < 1.29 is 28.6 Å². The van der Waals surface area contributed by atoms with E-state index in [4.69, 9.17) is 14.2 Å². The van der Waals surface area contributed by atoms with Gasteiger partial charge in [-0.2, -0.15) is 0 Å². The Morgan fingerprint density at radius 3 is 1.29 bits per heavy atom. The lowest BCUT2D eigenvalue weighted by molar-refractivity contribution is -0.166. The molecule has 0 aromatic rings. The molecular weight excluding hydrogens is 781 g/mol. The maximum atomic E-state index is 12.8. The van der Waals surface area contributed by atoms with E-state index in [-0.39, 0.29) is 50.4 Å². The Balaban J connectivity index is 4.60. The molecule has 0 spiro atoms. The molecule has 0 aliphatic heterocycles. The number of hydrogen-bond donors (Lipinski definition) is 0. The van der Waals surface area contributed by atoms with E-state index in [0.717, 1.165) is 83.5 Å². The standard InChI is InChI=1S/C57H90O6/c1-4-7-10-13-16-19-22-25-27-28-30-32-35-38-41-44-47-50-56(59)62-53-54(52-61-55(58)49-46-43-40-37-34-31-24-21-18-15-12-9-6-3)63-57(60)51-48-45-42-39-36-33-29-26-23-20-17-14-11-8-5-2/h8,11,14,16-17,19-20,23,25-27,29-32,34,38,40-41,43,54H,4-7,9-10,12-13,15,18,21-22,24,28,33,35-37,39,42,44-53H2,1-3H3/b11-8-,17-14-,19-16-,23-20-,27-25-,29-26-,32-30-,34-31-,41-38-,43-40-. The summed E-state index contributed by atoms with van der Waals surface area (Å²) in [5.41, 5.74) is 0. The van der Waals surface area contributed by atoms with Crippen molar-refractivity contribution in [1.29, 1.82) is 0 Å². The molecule has 0 aliphatic rings. The topological polar surface area (TPSA) is 78.9 Å². The molecule has 63 heavy (non-hydrogen) atoms. The van der Waals surface area contributed by atoms with Crippen LogP contribution in [-0.4, -0.2) is 37.2 Å². The van der Waals surface area contributed by atoms with Gasteiger partial charge in [0.25, 0.3) is 0 Å². The SMILES string of the molecule is CC\C=C/C=C\C=C/C=C\CCCCCCCC(=O)OC(COC(=O)CC/C=C\C/C=C\CCCCCCCC)COC(=O)CCC/C=C\C/C=C\C/C=C\C/C=C\CCCCC. The Labute approximate surface area is 386 Å². The van der Waals surface area contributed by atoms with Crippen LogP contribution in [0.1, 0.15) is 201 Å². The van der Waals surface area contributed by atoms with Gasteiger partial charge in [-0.05, 0) is 96.3 Å². The molecule has 1 atom stereocenters. The third-order valence-electron chi connectivity index (χ3n) is 10.0. The van der Waals surface area contributed by atoms with E-state index in [2.05, 4.69) is 112 Å². The molecule has 0 rings (SSSR count). The molecule has 0 radical (unpaired) electrons. The van der Waals surface area contributed by atoms with E-state index in [9.17, 15) is 14.4 Å². The second-order valence-electron chi connectivity index (χ2n) is 16.1. The predicted molar refractivity (Wildman–Crippen MR) is 269 cm³/mol. The fourth-order valence-electron chi connectivity index (χ4n) is 6.26. The number of esters is 3. The van der Waals surface area contributed by atoms with Crippen LogP contribution in [-0.2, 0) is 28.6 Å². The summed E-state index contributed by atoms with van der Waals surface area (Å²) in [6.45, 7) is 6.32. The number of hydrogen-bond acceptors (Lipinski definition) is 6. The molecule has 0 N–H and O–H groups in total. The lowest BCUT2D eigenvalue weighted by atomic mass is 10.1. The molecule has 1 unspecified atom stereocenters. The Morgan fingerprint density at radius 2 is 0.730 bits per heavy atom. The summed E-state index contributed by atoms with van der Waals surface area (Å²) in [7, 11) is 0. The van der Waals surface area contributed by atoms with Gasteiger partial charge in [-0.3, -0.25) is 14.4 Å². The van der Waals surface area contributed by atoms with Crippen LogP contribution in [0, 0.1) is 0 Å². The number of ether oxygens (including phenoxy) is 3. The summed E-state index contributed by atoms with van der Waals surface area (Å²) in [5.74, 6) is -1.09. The Morgan fingerprint density at radius 1 is 0.349 bits per heavy atom. The van der Waals surface area contributed by atoms with Crippen LogP contribution in [0.2, 0.25) is 0 Å². The summed E-state index contributed by atoms with van der Waals surface area (Å²) in [5, 5.41) is 0. The molecule has 0 bridgehead atoms. The average molecular weight is 871 g/mol. The van der Waals surface area contributed by atoms with Crippen molar-refractivity contribution in [3.8, 4) is 0 Å². The van der Waals surface area contributed by atoms with Gasteiger partial charge in [-0.25, -0.2) is 0 Å². The van der Waals surface area contributed by atoms with Crippen LogP contribution in [0.3, 0.4) is 0 Å². The van der Waals surface area contributed by atoms with Crippen LogP contribution in [0.5, 0.6) is 0 Å². The van der Waals surface area contributed by atoms with Crippen molar-refractivity contribution in [3.05, 3.63) is 122 Å². The number of unbranched alkanes of at least 4 members (excludes halogenated alkanes) is 15. The third kappa shape index (κ3) is 48.7. The Bertz CT molecular complexity index is 1370. The van der Waals surface area contributed by atoms with Crippen LogP contribution in [0.15, 0.2) is 122 Å². The van der Waals surface area contributed by atoms with E-state index in [1.165, 1.54) is 64.2 Å². The van der Waals surface area contributed by atoms with Gasteiger partial charge < -0.3 is 14.2 Å². The first kappa shape index (κ1) is 58.8. The summed E-state index contributed by atoms with van der Waals surface area (Å²) >= 11 is 0. The summed E-state index contributed by atoms with van der Waals surface area (Å²) in [6, 6.07) is 0. The van der Waals surface area contributed by atoms with Crippen LogP contribution in [0.4, 0.5) is 0 Å². The van der Waals surface area contributed by atoms with Crippen LogP contribution in [0.25, 0.3) is 0 Å². The monoisotopic (exact) mass is 871 g/mol. The second-order valence-corrected chi connectivity index (χ2v) is 16.1. The zero-order chi connectivity index (χ0) is 45.8. The maximum absolute atomic E-state index is 12.8. The van der Waals surface area contributed by atoms with Crippen LogP contribution >= 0.6 is 0 Å². The minimum atomic E-state index is -0.838. The van der Waals surface area contributed by atoms with Gasteiger partial charge >= 0.3 is 17.9 Å². The van der Waals surface area contributed by atoms with Crippen molar-refractivity contribution in [2.45, 2.75) is 207 Å². The van der Waals surface area contributed by atoms with Crippen LogP contribution < -0.4 is 0 Å². The van der Waals surface area contributed by atoms with Gasteiger partial charge in [-0.1, -0.05) is 206 Å². The lowest BCUT2D eigenvalue weighted by Crippen LogP contribution is -2.30. The molecule has 6 heteroatoms. The fraction of sp³-hybridized carbons (Fsp3) is 0.596. The molecule has 0 fully saturated rings. The molecule has 0 aliphatic carbocycles. The quantitative estimate of drug-likeness (QED) is 0.0200. The van der Waals surface area contributed by atoms with E-state index >= 15 is 0 Å². The van der Waals surface area contributed by atoms with E-state index < -0.39 is 6.10 Å². The van der Waals surface area contributed by atoms with E-state index in [0.29, 0.717) is 12.8 Å². The molecule has 6 nitrogen and oxygen atoms in total. The van der Waals surface area contributed by atoms with Gasteiger partial charge in [0.1, 0.15) is 13.2 Å². The third-order valence-corrected chi connectivity index (χ3v) is 10.0. The molecule has 0 aromatic carbocycles. The zero-order valence-electron chi connectivity index (χ0n) is 40.3. The summed E-state index contributed by atoms with van der Waals surface area (Å²) in [4.78, 5) is 37.9. The minimum absolute atomic E-state index is 0.137. The smallest absolute Gasteiger partial charge is 0.306 e. The predicted octanol–water partition coefficient (Wildman–Crippen LogP) is 16.5. The second kappa shape index (κ2) is 50.5. The van der Waals surface area contributed by atoms with E-state index in [1.807, 2.05) is 30.4 Å². The highest BCUT2D eigenvalue weighted by molar-refractivity contribution is 5.71. The van der Waals surface area contributed by atoms with Crippen molar-refractivity contribution >= 4 is 17.9 Å². The molecule has 0 heterocycles. The summed E-state index contributed by atoms with van der Waals surface area (Å²) < 4.78 is 16.6. The average Bonchev–Trinajstić information content (AvgIpc) is 3.28. The van der Waals surface area contributed by atoms with Crippen molar-refractivity contribution in [2.75, 3.05) is 13.2 Å².